The molecule has 28 heavy (non-hydrogen) atoms. The van der Waals surface area contributed by atoms with E-state index in [4.69, 9.17) is 12.2 Å². The molecule has 0 saturated carbocycles. The number of phenolic OH excluding ortho intramolecular Hbond substituents is 1. The first-order chi connectivity index (χ1) is 13.4. The smallest absolute Gasteiger partial charge is 0.259 e. The molecule has 0 unspecified atom stereocenters. The van der Waals surface area contributed by atoms with E-state index in [1.54, 1.807) is 36.4 Å². The van der Waals surface area contributed by atoms with E-state index < -0.39 is 0 Å². The first-order valence-electron chi connectivity index (χ1n) is 8.46. The summed E-state index contributed by atoms with van der Waals surface area (Å²) in [5.41, 5.74) is 3.49. The molecular weight excluding hydrogens is 438 g/mol. The molecular formula is C21H18BrN3O2S. The predicted octanol–water partition coefficient (Wildman–Crippen LogP) is 5.52. The van der Waals surface area contributed by atoms with Crippen LogP contribution in [0.4, 0.5) is 17.1 Å². The van der Waals surface area contributed by atoms with E-state index in [0.29, 0.717) is 10.8 Å². The minimum absolute atomic E-state index is 0.0653. The second-order valence-electron chi connectivity index (χ2n) is 6.09. The highest BCUT2D eigenvalue weighted by molar-refractivity contribution is 9.10. The summed E-state index contributed by atoms with van der Waals surface area (Å²) in [7, 11) is 0. The highest BCUT2D eigenvalue weighted by atomic mass is 79.9. The molecule has 0 heterocycles. The van der Waals surface area contributed by atoms with Crippen LogP contribution in [0.3, 0.4) is 0 Å². The molecule has 7 heteroatoms. The SMILES string of the molecule is Cc1cc(Br)ccc1NC(=S)Nc1cccc(NC(=O)c2ccccc2O)c1. The Morgan fingerprint density at radius 3 is 2.36 bits per heavy atom. The molecule has 0 saturated heterocycles. The Labute approximate surface area is 176 Å². The van der Waals surface area contributed by atoms with Crippen molar-refractivity contribution >= 4 is 56.2 Å². The van der Waals surface area contributed by atoms with Gasteiger partial charge in [-0.2, -0.15) is 0 Å². The fourth-order valence-corrected chi connectivity index (χ4v) is 3.29. The van der Waals surface area contributed by atoms with Crippen LogP contribution in [0.2, 0.25) is 0 Å². The number of aryl methyl sites for hydroxylation is 1. The van der Waals surface area contributed by atoms with Crippen molar-refractivity contribution in [3.8, 4) is 5.75 Å². The number of hydrogen-bond acceptors (Lipinski definition) is 3. The zero-order chi connectivity index (χ0) is 20.1. The molecule has 3 aromatic carbocycles. The third kappa shape index (κ3) is 5.09. The Hall–Kier alpha value is -2.90. The molecule has 0 aliphatic heterocycles. The Kier molecular flexibility index (Phi) is 6.28. The largest absolute Gasteiger partial charge is 0.507 e. The van der Waals surface area contributed by atoms with Crippen LogP contribution in [0.25, 0.3) is 0 Å². The fourth-order valence-electron chi connectivity index (χ4n) is 2.59. The van der Waals surface area contributed by atoms with E-state index in [-0.39, 0.29) is 17.2 Å². The van der Waals surface area contributed by atoms with E-state index in [9.17, 15) is 9.90 Å². The summed E-state index contributed by atoms with van der Waals surface area (Å²) in [6.07, 6.45) is 0. The quantitative estimate of drug-likeness (QED) is 0.389. The lowest BCUT2D eigenvalue weighted by atomic mass is 10.2. The van der Waals surface area contributed by atoms with Gasteiger partial charge < -0.3 is 21.1 Å². The van der Waals surface area contributed by atoms with Gasteiger partial charge in [-0.3, -0.25) is 4.79 Å². The van der Waals surface area contributed by atoms with E-state index in [0.717, 1.165) is 21.4 Å². The van der Waals surface area contributed by atoms with Crippen LogP contribution in [-0.2, 0) is 0 Å². The summed E-state index contributed by atoms with van der Waals surface area (Å²) in [4.78, 5) is 12.3. The lowest BCUT2D eigenvalue weighted by molar-refractivity contribution is 0.102. The van der Waals surface area contributed by atoms with Crippen LogP contribution < -0.4 is 16.0 Å². The van der Waals surface area contributed by atoms with Gasteiger partial charge in [-0.15, -0.1) is 0 Å². The lowest BCUT2D eigenvalue weighted by Crippen LogP contribution is -2.20. The van der Waals surface area contributed by atoms with Crippen molar-refractivity contribution < 1.29 is 9.90 Å². The number of thiocarbonyl (C=S) groups is 1. The molecule has 0 spiro atoms. The Bertz CT molecular complexity index is 1040. The second-order valence-corrected chi connectivity index (χ2v) is 7.41. The zero-order valence-electron chi connectivity index (χ0n) is 15.0. The molecule has 3 rings (SSSR count). The van der Waals surface area contributed by atoms with E-state index >= 15 is 0 Å². The van der Waals surface area contributed by atoms with Crippen molar-refractivity contribution in [1.29, 1.82) is 0 Å². The minimum Gasteiger partial charge on any atom is -0.507 e. The first kappa shape index (κ1) is 19.9. The van der Waals surface area contributed by atoms with Crippen molar-refractivity contribution in [2.24, 2.45) is 0 Å². The van der Waals surface area contributed by atoms with Crippen LogP contribution in [0, 0.1) is 6.92 Å². The summed E-state index contributed by atoms with van der Waals surface area (Å²) in [5, 5.41) is 19.3. The molecule has 1 amide bonds. The number of aromatic hydroxyl groups is 1. The number of anilines is 3. The normalized spacial score (nSPS) is 10.2. The minimum atomic E-state index is -0.388. The van der Waals surface area contributed by atoms with Gasteiger partial charge >= 0.3 is 0 Å². The number of carbonyl (C=O) groups is 1. The van der Waals surface area contributed by atoms with Crippen LogP contribution in [0.15, 0.2) is 71.2 Å². The summed E-state index contributed by atoms with van der Waals surface area (Å²) >= 11 is 8.82. The van der Waals surface area contributed by atoms with Crippen molar-refractivity contribution in [2.75, 3.05) is 16.0 Å². The molecule has 5 nitrogen and oxygen atoms in total. The van der Waals surface area contributed by atoms with Crippen LogP contribution in [-0.4, -0.2) is 16.1 Å². The maximum Gasteiger partial charge on any atom is 0.259 e. The van der Waals surface area contributed by atoms with Gasteiger partial charge in [0, 0.05) is 21.5 Å². The highest BCUT2D eigenvalue weighted by Crippen LogP contribution is 2.22. The Morgan fingerprint density at radius 1 is 0.929 bits per heavy atom. The van der Waals surface area contributed by atoms with E-state index in [1.165, 1.54) is 6.07 Å². The molecule has 0 radical (unpaired) electrons. The number of rotatable bonds is 4. The van der Waals surface area contributed by atoms with E-state index in [2.05, 4.69) is 31.9 Å². The molecule has 3 aromatic rings. The van der Waals surface area contributed by atoms with Crippen LogP contribution in [0.5, 0.6) is 5.75 Å². The van der Waals surface area contributed by atoms with Crippen molar-refractivity contribution in [3.05, 3.63) is 82.3 Å². The third-order valence-electron chi connectivity index (χ3n) is 3.96. The summed E-state index contributed by atoms with van der Waals surface area (Å²) in [6.45, 7) is 1.99. The van der Waals surface area contributed by atoms with Gasteiger partial charge in [0.25, 0.3) is 5.91 Å². The van der Waals surface area contributed by atoms with Gasteiger partial charge in [-0.05, 0) is 73.2 Å². The van der Waals surface area contributed by atoms with Gasteiger partial charge in [0.05, 0.1) is 5.56 Å². The van der Waals surface area contributed by atoms with E-state index in [1.807, 2.05) is 31.2 Å². The third-order valence-corrected chi connectivity index (χ3v) is 4.66. The second kappa shape index (κ2) is 8.86. The molecule has 4 N–H and O–H groups in total. The topological polar surface area (TPSA) is 73.4 Å². The maximum atomic E-state index is 12.3. The van der Waals surface area contributed by atoms with Crippen molar-refractivity contribution in [2.45, 2.75) is 6.92 Å². The number of nitrogens with one attached hydrogen (secondary N) is 3. The molecule has 0 atom stereocenters. The molecule has 0 bridgehead atoms. The van der Waals surface area contributed by atoms with Gasteiger partial charge in [0.2, 0.25) is 0 Å². The van der Waals surface area contributed by atoms with Gasteiger partial charge in [0.15, 0.2) is 5.11 Å². The monoisotopic (exact) mass is 455 g/mol. The lowest BCUT2D eigenvalue weighted by Gasteiger charge is -2.14. The van der Waals surface area contributed by atoms with Crippen LogP contribution >= 0.6 is 28.1 Å². The van der Waals surface area contributed by atoms with Gasteiger partial charge in [0.1, 0.15) is 5.75 Å². The number of para-hydroxylation sites is 1. The number of phenols is 1. The maximum absolute atomic E-state index is 12.3. The summed E-state index contributed by atoms with van der Waals surface area (Å²) < 4.78 is 1.00. The molecule has 0 aliphatic carbocycles. The predicted molar refractivity (Wildman–Crippen MR) is 121 cm³/mol. The van der Waals surface area contributed by atoms with Crippen molar-refractivity contribution in [1.82, 2.24) is 0 Å². The fraction of sp³-hybridized carbons (Fsp3) is 0.0476. The highest BCUT2D eigenvalue weighted by Gasteiger charge is 2.11. The number of benzene rings is 3. The number of amides is 1. The van der Waals surface area contributed by atoms with Crippen molar-refractivity contribution in [3.63, 3.8) is 0 Å². The number of carbonyl (C=O) groups excluding carboxylic acids is 1. The average Bonchev–Trinajstić information content (AvgIpc) is 2.64. The molecule has 142 valence electrons. The van der Waals surface area contributed by atoms with Gasteiger partial charge in [-0.25, -0.2) is 0 Å². The summed E-state index contributed by atoms with van der Waals surface area (Å²) in [5.74, 6) is -0.453. The Balaban J connectivity index is 1.67. The average molecular weight is 456 g/mol. The Morgan fingerprint density at radius 2 is 1.64 bits per heavy atom. The molecule has 0 aromatic heterocycles. The first-order valence-corrected chi connectivity index (χ1v) is 9.66. The zero-order valence-corrected chi connectivity index (χ0v) is 17.4. The van der Waals surface area contributed by atoms with Crippen LogP contribution in [0.1, 0.15) is 15.9 Å². The summed E-state index contributed by atoms with van der Waals surface area (Å²) in [6, 6.07) is 19.4. The molecule has 0 aliphatic rings. The standard InChI is InChI=1S/C21H18BrN3O2S/c1-13-11-14(22)9-10-18(13)25-21(28)24-16-6-4-5-15(12-16)23-20(27)17-7-2-3-8-19(17)26/h2-12,26H,1H3,(H,23,27)(H2,24,25,28). The number of halogens is 1. The number of hydrogen-bond donors (Lipinski definition) is 4. The van der Waals surface area contributed by atoms with Gasteiger partial charge in [-0.1, -0.05) is 34.1 Å². The molecule has 0 fully saturated rings.